The molecule has 3 heteroatoms. The molecule has 2 aromatic carbocycles. The zero-order chi connectivity index (χ0) is 17.9. The highest BCUT2D eigenvalue weighted by Crippen LogP contribution is 2.72. The fourth-order valence-electron chi connectivity index (χ4n) is 5.45. The minimum atomic E-state index is 0.174. The number of fused-ring (bicyclic) bond motifs is 5. The SMILES string of the molecule is CC1(C)[C@@H]2CC[C@@]1(C)[C@@H]1O[C@H](c3ccccc3Sc3ccccc3)S[C@H]21. The molecule has 136 valence electrons. The Bertz CT molecular complexity index is 818. The summed E-state index contributed by atoms with van der Waals surface area (Å²) in [4.78, 5) is 2.62. The molecular formula is C23H26OS2. The second-order valence-electron chi connectivity index (χ2n) is 8.73. The maximum atomic E-state index is 6.77. The molecule has 0 spiro atoms. The van der Waals surface area contributed by atoms with Crippen LogP contribution in [0.1, 0.15) is 44.6 Å². The van der Waals surface area contributed by atoms with Gasteiger partial charge < -0.3 is 4.74 Å². The summed E-state index contributed by atoms with van der Waals surface area (Å²) in [6, 6.07) is 19.5. The van der Waals surface area contributed by atoms with E-state index in [2.05, 4.69) is 87.1 Å². The van der Waals surface area contributed by atoms with Crippen LogP contribution in [0, 0.1) is 16.7 Å². The number of hydrogen-bond donors (Lipinski definition) is 0. The van der Waals surface area contributed by atoms with Crippen molar-refractivity contribution in [1.82, 2.24) is 0 Å². The molecule has 0 radical (unpaired) electrons. The van der Waals surface area contributed by atoms with Gasteiger partial charge >= 0.3 is 0 Å². The Balaban J connectivity index is 1.43. The van der Waals surface area contributed by atoms with Crippen molar-refractivity contribution in [2.24, 2.45) is 16.7 Å². The highest BCUT2D eigenvalue weighted by molar-refractivity contribution is 8.00. The molecule has 2 aliphatic carbocycles. The van der Waals surface area contributed by atoms with Crippen LogP contribution in [0.15, 0.2) is 64.4 Å². The molecular weight excluding hydrogens is 356 g/mol. The zero-order valence-electron chi connectivity index (χ0n) is 15.6. The minimum Gasteiger partial charge on any atom is -0.358 e. The van der Waals surface area contributed by atoms with Gasteiger partial charge in [-0.2, -0.15) is 0 Å². The van der Waals surface area contributed by atoms with Crippen LogP contribution in [-0.2, 0) is 4.74 Å². The molecule has 0 amide bonds. The van der Waals surface area contributed by atoms with Crippen LogP contribution in [0.3, 0.4) is 0 Å². The van der Waals surface area contributed by atoms with Gasteiger partial charge in [0.25, 0.3) is 0 Å². The Hall–Kier alpha value is -0.900. The molecule has 0 N–H and O–H groups in total. The lowest BCUT2D eigenvalue weighted by Crippen LogP contribution is -2.38. The van der Waals surface area contributed by atoms with E-state index in [4.69, 9.17) is 4.74 Å². The Labute approximate surface area is 165 Å². The largest absolute Gasteiger partial charge is 0.358 e. The van der Waals surface area contributed by atoms with Gasteiger partial charge in [0.2, 0.25) is 0 Å². The van der Waals surface area contributed by atoms with Gasteiger partial charge in [-0.1, -0.05) is 68.9 Å². The van der Waals surface area contributed by atoms with Gasteiger partial charge in [-0.05, 0) is 42.4 Å². The van der Waals surface area contributed by atoms with Gasteiger partial charge in [-0.25, -0.2) is 0 Å². The topological polar surface area (TPSA) is 9.23 Å². The second-order valence-corrected chi connectivity index (χ2v) is 11.1. The monoisotopic (exact) mass is 382 g/mol. The van der Waals surface area contributed by atoms with Crippen LogP contribution in [0.2, 0.25) is 0 Å². The van der Waals surface area contributed by atoms with Crippen molar-refractivity contribution in [2.75, 3.05) is 0 Å². The average molecular weight is 383 g/mol. The Morgan fingerprint density at radius 3 is 2.50 bits per heavy atom. The highest BCUT2D eigenvalue weighted by atomic mass is 32.2. The molecule has 2 bridgehead atoms. The van der Waals surface area contributed by atoms with E-state index < -0.39 is 0 Å². The first-order valence-corrected chi connectivity index (χ1v) is 11.4. The summed E-state index contributed by atoms with van der Waals surface area (Å²) in [6.07, 6.45) is 3.09. The molecule has 1 nitrogen and oxygen atoms in total. The number of benzene rings is 2. The van der Waals surface area contributed by atoms with Gasteiger partial charge in [0.1, 0.15) is 5.44 Å². The fourth-order valence-corrected chi connectivity index (χ4v) is 8.51. The molecule has 1 aliphatic heterocycles. The van der Waals surface area contributed by atoms with E-state index in [1.165, 1.54) is 28.2 Å². The first-order valence-electron chi connectivity index (χ1n) is 9.63. The van der Waals surface area contributed by atoms with Gasteiger partial charge in [-0.15, -0.1) is 11.8 Å². The Morgan fingerprint density at radius 1 is 1.00 bits per heavy atom. The van der Waals surface area contributed by atoms with E-state index >= 15 is 0 Å². The van der Waals surface area contributed by atoms with E-state index in [1.54, 1.807) is 0 Å². The van der Waals surface area contributed by atoms with Crippen molar-refractivity contribution < 1.29 is 4.74 Å². The molecule has 0 unspecified atom stereocenters. The van der Waals surface area contributed by atoms with Crippen molar-refractivity contribution in [3.63, 3.8) is 0 Å². The fraction of sp³-hybridized carbons (Fsp3) is 0.478. The lowest BCUT2D eigenvalue weighted by Gasteiger charge is -2.38. The average Bonchev–Trinajstić information content (AvgIpc) is 3.22. The van der Waals surface area contributed by atoms with Gasteiger partial charge in [-0.3, -0.25) is 0 Å². The molecule has 1 saturated heterocycles. The summed E-state index contributed by atoms with van der Waals surface area (Å²) in [7, 11) is 0. The zero-order valence-corrected chi connectivity index (χ0v) is 17.3. The predicted octanol–water partition coefficient (Wildman–Crippen LogP) is 6.79. The van der Waals surface area contributed by atoms with E-state index in [-0.39, 0.29) is 5.44 Å². The van der Waals surface area contributed by atoms with Crippen LogP contribution in [0.4, 0.5) is 0 Å². The summed E-state index contributed by atoms with van der Waals surface area (Å²) < 4.78 is 6.77. The van der Waals surface area contributed by atoms with Gasteiger partial charge in [0, 0.05) is 26.0 Å². The van der Waals surface area contributed by atoms with Crippen LogP contribution in [0.25, 0.3) is 0 Å². The normalized spacial score (nSPS) is 37.0. The van der Waals surface area contributed by atoms with E-state index in [1.807, 2.05) is 11.8 Å². The molecule has 2 saturated carbocycles. The number of ether oxygens (including phenoxy) is 1. The summed E-state index contributed by atoms with van der Waals surface area (Å²) in [6.45, 7) is 7.42. The third-order valence-corrected chi connectivity index (χ3v) is 9.99. The summed E-state index contributed by atoms with van der Waals surface area (Å²) >= 11 is 3.94. The van der Waals surface area contributed by atoms with Crippen molar-refractivity contribution in [1.29, 1.82) is 0 Å². The molecule has 5 rings (SSSR count). The van der Waals surface area contributed by atoms with Crippen LogP contribution >= 0.6 is 23.5 Å². The van der Waals surface area contributed by atoms with Gasteiger partial charge in [0.05, 0.1) is 6.10 Å². The second kappa shape index (κ2) is 6.05. The molecule has 3 aliphatic rings. The van der Waals surface area contributed by atoms with Crippen molar-refractivity contribution in [3.8, 4) is 0 Å². The maximum Gasteiger partial charge on any atom is 0.130 e. The molecule has 3 fully saturated rings. The van der Waals surface area contributed by atoms with Crippen LogP contribution in [-0.4, -0.2) is 11.4 Å². The minimum absolute atomic E-state index is 0.174. The summed E-state index contributed by atoms with van der Waals surface area (Å²) in [5.74, 6) is 0.793. The predicted molar refractivity (Wildman–Crippen MR) is 111 cm³/mol. The molecule has 0 aromatic heterocycles. The number of hydrogen-bond acceptors (Lipinski definition) is 3. The lowest BCUT2D eigenvalue weighted by atomic mass is 9.70. The third kappa shape index (κ3) is 2.36. The first-order chi connectivity index (χ1) is 12.5. The standard InChI is InChI=1S/C23H26OS2/c1-22(2)17-13-14-23(22,3)20-19(17)26-21(24-20)16-11-7-8-12-18(16)25-15-9-5-4-6-10-15/h4-12,17,19-21H,13-14H2,1-3H3/t17-,19-,20-,21+,23+/m1/s1. The molecule has 5 atom stereocenters. The van der Waals surface area contributed by atoms with Crippen LogP contribution in [0.5, 0.6) is 0 Å². The molecule has 26 heavy (non-hydrogen) atoms. The molecule has 2 aromatic rings. The number of rotatable bonds is 3. The quantitative estimate of drug-likeness (QED) is 0.578. The van der Waals surface area contributed by atoms with Crippen LogP contribution < -0.4 is 0 Å². The van der Waals surface area contributed by atoms with E-state index in [9.17, 15) is 0 Å². The molecule has 1 heterocycles. The Kier molecular flexibility index (Phi) is 4.01. The lowest BCUT2D eigenvalue weighted by molar-refractivity contribution is -0.0450. The maximum absolute atomic E-state index is 6.77. The van der Waals surface area contributed by atoms with Crippen molar-refractivity contribution >= 4 is 23.5 Å². The smallest absolute Gasteiger partial charge is 0.130 e. The summed E-state index contributed by atoms with van der Waals surface area (Å²) in [5.41, 5.74) is 2.25. The summed E-state index contributed by atoms with van der Waals surface area (Å²) in [5, 5.41) is 0.656. The third-order valence-electron chi connectivity index (χ3n) is 7.39. The first kappa shape index (κ1) is 17.2. The van der Waals surface area contributed by atoms with Gasteiger partial charge in [0.15, 0.2) is 0 Å². The highest BCUT2D eigenvalue weighted by Gasteiger charge is 2.69. The number of thioether (sulfide) groups is 1. The van der Waals surface area contributed by atoms with E-state index in [0.29, 0.717) is 22.2 Å². The van der Waals surface area contributed by atoms with Crippen molar-refractivity contribution in [3.05, 3.63) is 60.2 Å². The van der Waals surface area contributed by atoms with Crippen molar-refractivity contribution in [2.45, 2.75) is 60.2 Å². The van der Waals surface area contributed by atoms with E-state index in [0.717, 1.165) is 5.92 Å². The Morgan fingerprint density at radius 2 is 1.73 bits per heavy atom.